The number of likely N-dealkylation sites (tertiary alicyclic amines) is 1. The third kappa shape index (κ3) is 3.66. The van der Waals surface area contributed by atoms with E-state index >= 15 is 0 Å². The molecule has 1 aliphatic heterocycles. The second kappa shape index (κ2) is 7.40. The first-order valence-corrected chi connectivity index (χ1v) is 9.13. The summed E-state index contributed by atoms with van der Waals surface area (Å²) in [4.78, 5) is 18.8. The zero-order chi connectivity index (χ0) is 18.8. The molecule has 0 spiro atoms. The van der Waals surface area contributed by atoms with E-state index in [0.29, 0.717) is 42.0 Å². The molecule has 1 fully saturated rings. The maximum Gasteiger partial charge on any atom is 0.253 e. The second-order valence-electron chi connectivity index (χ2n) is 6.33. The van der Waals surface area contributed by atoms with Crippen molar-refractivity contribution in [3.63, 3.8) is 0 Å². The largest absolute Gasteiger partial charge is 0.494 e. The van der Waals surface area contributed by atoms with Crippen LogP contribution in [0, 0.1) is 0 Å². The van der Waals surface area contributed by atoms with Crippen LogP contribution in [-0.2, 0) is 0 Å². The van der Waals surface area contributed by atoms with Crippen molar-refractivity contribution in [3.8, 4) is 17.1 Å². The Kier molecular flexibility index (Phi) is 4.81. The Morgan fingerprint density at radius 1 is 1.26 bits per heavy atom. The number of rotatable bonds is 5. The maximum atomic E-state index is 12.5. The monoisotopic (exact) mass is 383 g/mol. The van der Waals surface area contributed by atoms with E-state index in [1.807, 2.05) is 31.2 Å². The molecule has 6 nitrogen and oxygen atoms in total. The van der Waals surface area contributed by atoms with Crippen molar-refractivity contribution in [2.75, 3.05) is 19.7 Å². The molecular formula is C20H18ClN3O3. The minimum Gasteiger partial charge on any atom is -0.494 e. The average molecular weight is 384 g/mol. The van der Waals surface area contributed by atoms with E-state index in [9.17, 15) is 4.79 Å². The molecule has 0 atom stereocenters. The number of nitrogens with zero attached hydrogens (tertiary/aromatic N) is 3. The Morgan fingerprint density at radius 3 is 2.74 bits per heavy atom. The molecular weight excluding hydrogens is 366 g/mol. The number of aromatic nitrogens is 2. The van der Waals surface area contributed by atoms with Gasteiger partial charge in [0.25, 0.3) is 5.91 Å². The van der Waals surface area contributed by atoms with E-state index in [4.69, 9.17) is 20.9 Å². The lowest BCUT2D eigenvalue weighted by Gasteiger charge is -2.37. The zero-order valence-corrected chi connectivity index (χ0v) is 15.5. The highest BCUT2D eigenvalue weighted by molar-refractivity contribution is 6.30. The summed E-state index contributed by atoms with van der Waals surface area (Å²) in [5, 5.41) is 4.64. The molecule has 0 bridgehead atoms. The Balaban J connectivity index is 1.38. The standard InChI is InChI=1S/C20H18ClN3O3/c1-2-26-17-8-6-13(7-9-17)20(25)24-11-15(12-24)19-22-18(23-27-19)14-4-3-5-16(21)10-14/h3-10,15H,2,11-12H2,1H3. The summed E-state index contributed by atoms with van der Waals surface area (Å²) < 4.78 is 10.8. The van der Waals surface area contributed by atoms with Crippen molar-refractivity contribution >= 4 is 17.5 Å². The molecule has 1 amide bonds. The molecule has 2 heterocycles. The van der Waals surface area contributed by atoms with Crippen LogP contribution in [0.5, 0.6) is 5.75 Å². The van der Waals surface area contributed by atoms with Crippen molar-refractivity contribution in [2.45, 2.75) is 12.8 Å². The second-order valence-corrected chi connectivity index (χ2v) is 6.77. The van der Waals surface area contributed by atoms with Crippen LogP contribution in [-0.4, -0.2) is 40.6 Å². The molecule has 1 aliphatic rings. The summed E-state index contributed by atoms with van der Waals surface area (Å²) in [6.07, 6.45) is 0. The van der Waals surface area contributed by atoms with Gasteiger partial charge >= 0.3 is 0 Å². The molecule has 0 N–H and O–H groups in total. The van der Waals surface area contributed by atoms with E-state index in [1.54, 1.807) is 29.2 Å². The summed E-state index contributed by atoms with van der Waals surface area (Å²) >= 11 is 6.00. The van der Waals surface area contributed by atoms with Gasteiger partial charge in [0, 0.05) is 29.2 Å². The van der Waals surface area contributed by atoms with Crippen LogP contribution < -0.4 is 4.74 Å². The molecule has 3 aromatic rings. The lowest BCUT2D eigenvalue weighted by Crippen LogP contribution is -2.48. The Labute approximate surface area is 161 Å². The van der Waals surface area contributed by atoms with Crippen molar-refractivity contribution in [1.82, 2.24) is 15.0 Å². The first-order chi connectivity index (χ1) is 13.1. The van der Waals surface area contributed by atoms with Gasteiger partial charge in [-0.1, -0.05) is 28.9 Å². The fraction of sp³-hybridized carbons (Fsp3) is 0.250. The fourth-order valence-corrected chi connectivity index (χ4v) is 3.18. The molecule has 4 rings (SSSR count). The molecule has 2 aromatic carbocycles. The average Bonchev–Trinajstić information content (AvgIpc) is 3.11. The van der Waals surface area contributed by atoms with Gasteiger partial charge in [0.15, 0.2) is 0 Å². The highest BCUT2D eigenvalue weighted by atomic mass is 35.5. The smallest absolute Gasteiger partial charge is 0.253 e. The predicted octanol–water partition coefficient (Wildman–Crippen LogP) is 4.03. The number of hydrogen-bond acceptors (Lipinski definition) is 5. The van der Waals surface area contributed by atoms with E-state index in [2.05, 4.69) is 10.1 Å². The van der Waals surface area contributed by atoms with Gasteiger partial charge in [-0.2, -0.15) is 4.98 Å². The summed E-state index contributed by atoms with van der Waals surface area (Å²) in [6.45, 7) is 3.64. The summed E-state index contributed by atoms with van der Waals surface area (Å²) in [5.74, 6) is 1.85. The minimum absolute atomic E-state index is 0.0103. The van der Waals surface area contributed by atoms with Crippen molar-refractivity contribution in [2.24, 2.45) is 0 Å². The number of halogens is 1. The highest BCUT2D eigenvalue weighted by Gasteiger charge is 2.36. The SMILES string of the molecule is CCOc1ccc(C(=O)N2CC(c3nc(-c4cccc(Cl)c4)no3)C2)cc1. The van der Waals surface area contributed by atoms with Gasteiger partial charge in [0.05, 0.1) is 12.5 Å². The Hall–Kier alpha value is -2.86. The molecule has 0 saturated carbocycles. The van der Waals surface area contributed by atoms with Crippen LogP contribution >= 0.6 is 11.6 Å². The van der Waals surface area contributed by atoms with Crippen LogP contribution in [0.25, 0.3) is 11.4 Å². The van der Waals surface area contributed by atoms with E-state index in [-0.39, 0.29) is 11.8 Å². The minimum atomic E-state index is -0.0103. The van der Waals surface area contributed by atoms with Crippen molar-refractivity contribution in [1.29, 1.82) is 0 Å². The number of carbonyl (C=O) groups excluding carboxylic acids is 1. The summed E-state index contributed by atoms with van der Waals surface area (Å²) in [5.41, 5.74) is 1.45. The van der Waals surface area contributed by atoms with Gasteiger partial charge in [-0.25, -0.2) is 0 Å². The van der Waals surface area contributed by atoms with E-state index < -0.39 is 0 Å². The molecule has 138 valence electrons. The molecule has 1 saturated heterocycles. The number of carbonyl (C=O) groups is 1. The quantitative estimate of drug-likeness (QED) is 0.665. The van der Waals surface area contributed by atoms with Gasteiger partial charge in [-0.3, -0.25) is 4.79 Å². The lowest BCUT2D eigenvalue weighted by molar-refractivity contribution is 0.0569. The Bertz CT molecular complexity index is 949. The van der Waals surface area contributed by atoms with Crippen LogP contribution in [0.1, 0.15) is 29.1 Å². The van der Waals surface area contributed by atoms with Crippen molar-refractivity contribution < 1.29 is 14.1 Å². The van der Waals surface area contributed by atoms with E-state index in [0.717, 1.165) is 11.3 Å². The number of benzene rings is 2. The summed E-state index contributed by atoms with van der Waals surface area (Å²) in [7, 11) is 0. The molecule has 0 unspecified atom stereocenters. The van der Waals surface area contributed by atoms with Crippen LogP contribution in [0.3, 0.4) is 0 Å². The zero-order valence-electron chi connectivity index (χ0n) is 14.8. The predicted molar refractivity (Wildman–Crippen MR) is 101 cm³/mol. The van der Waals surface area contributed by atoms with Crippen LogP contribution in [0.2, 0.25) is 5.02 Å². The van der Waals surface area contributed by atoms with Crippen LogP contribution in [0.15, 0.2) is 53.1 Å². The first kappa shape index (κ1) is 17.5. The van der Waals surface area contributed by atoms with Gasteiger partial charge in [-0.15, -0.1) is 0 Å². The highest BCUT2D eigenvalue weighted by Crippen LogP contribution is 2.29. The fourth-order valence-electron chi connectivity index (χ4n) is 2.99. The number of ether oxygens (including phenoxy) is 1. The van der Waals surface area contributed by atoms with Gasteiger partial charge < -0.3 is 14.2 Å². The molecule has 0 radical (unpaired) electrons. The Morgan fingerprint density at radius 2 is 2.04 bits per heavy atom. The molecule has 27 heavy (non-hydrogen) atoms. The van der Waals surface area contributed by atoms with Gasteiger partial charge in [0.1, 0.15) is 5.75 Å². The molecule has 0 aliphatic carbocycles. The first-order valence-electron chi connectivity index (χ1n) is 8.75. The molecule has 1 aromatic heterocycles. The third-order valence-corrected chi connectivity index (χ3v) is 4.69. The number of hydrogen-bond donors (Lipinski definition) is 0. The van der Waals surface area contributed by atoms with Crippen molar-refractivity contribution in [3.05, 3.63) is 65.0 Å². The van der Waals surface area contributed by atoms with E-state index in [1.165, 1.54) is 0 Å². The maximum absolute atomic E-state index is 12.5. The lowest BCUT2D eigenvalue weighted by atomic mass is 9.98. The van der Waals surface area contributed by atoms with Crippen LogP contribution in [0.4, 0.5) is 0 Å². The normalized spacial score (nSPS) is 14.1. The molecule has 7 heteroatoms. The third-order valence-electron chi connectivity index (χ3n) is 4.45. The van der Waals surface area contributed by atoms with Gasteiger partial charge in [-0.05, 0) is 43.3 Å². The topological polar surface area (TPSA) is 68.5 Å². The summed E-state index contributed by atoms with van der Waals surface area (Å²) in [6, 6.07) is 14.5. The number of amides is 1. The van der Waals surface area contributed by atoms with Gasteiger partial charge in [0.2, 0.25) is 11.7 Å².